The normalized spacial score (nSPS) is 57.9. The van der Waals surface area contributed by atoms with Crippen molar-refractivity contribution in [3.05, 3.63) is 0 Å². The molecule has 2 heterocycles. The van der Waals surface area contributed by atoms with E-state index in [1.807, 2.05) is 0 Å². The summed E-state index contributed by atoms with van der Waals surface area (Å²) in [6, 6.07) is 0.0381. The molecule has 1 nitrogen and oxygen atoms in total. The van der Waals surface area contributed by atoms with Crippen LogP contribution in [-0.4, -0.2) is 34.4 Å². The van der Waals surface area contributed by atoms with E-state index >= 15 is 0 Å². The van der Waals surface area contributed by atoms with Gasteiger partial charge in [-0.3, -0.25) is 0 Å². The third kappa shape index (κ3) is 0.907. The summed E-state index contributed by atoms with van der Waals surface area (Å²) in [5.41, 5.74) is 0.143. The topological polar surface area (TPSA) is 9.23 Å². The van der Waals surface area contributed by atoms with Crippen molar-refractivity contribution in [2.75, 3.05) is 0 Å². The van der Waals surface area contributed by atoms with E-state index in [-0.39, 0.29) is 11.6 Å². The van der Waals surface area contributed by atoms with Crippen LogP contribution in [0.15, 0.2) is 0 Å². The Bertz CT molecular complexity index is 199. The van der Waals surface area contributed by atoms with Crippen molar-refractivity contribution < 1.29 is 4.74 Å². The molecule has 0 aromatic heterocycles. The van der Waals surface area contributed by atoms with Crippen molar-refractivity contribution >= 4 is 22.8 Å². The van der Waals surface area contributed by atoms with Crippen LogP contribution >= 0.6 is 0 Å². The molecule has 1 unspecified atom stereocenters. The summed E-state index contributed by atoms with van der Waals surface area (Å²) in [4.78, 5) is 1.43. The number of rotatable bonds is 1. The first-order valence-electron chi connectivity index (χ1n) is 4.70. The minimum atomic E-state index is 0.0381. The molecule has 0 aromatic rings. The summed E-state index contributed by atoms with van der Waals surface area (Å²) in [5, 5.41) is 0. The van der Waals surface area contributed by atoms with Crippen LogP contribution in [0.4, 0.5) is 0 Å². The molecule has 5 atom stereocenters. The Morgan fingerprint density at radius 3 is 2.50 bits per heavy atom. The van der Waals surface area contributed by atoms with Gasteiger partial charge in [0.15, 0.2) is 0 Å². The maximum absolute atomic E-state index is 5.93. The van der Waals surface area contributed by atoms with E-state index in [1.165, 1.54) is 0 Å². The summed E-state index contributed by atoms with van der Waals surface area (Å²) < 4.78 is 5.91. The van der Waals surface area contributed by atoms with Crippen LogP contribution in [-0.2, 0) is 4.74 Å². The number of ether oxygens (including phenoxy) is 1. The zero-order valence-electron chi connectivity index (χ0n) is 7.91. The van der Waals surface area contributed by atoms with Crippen molar-refractivity contribution in [2.45, 2.75) is 48.4 Å². The van der Waals surface area contributed by atoms with Gasteiger partial charge in [-0.1, -0.05) is 0 Å². The molecule has 2 aliphatic heterocycles. The first kappa shape index (κ1) is 9.11. The van der Waals surface area contributed by atoms with Crippen LogP contribution in [0.2, 0.25) is 9.63 Å². The van der Waals surface area contributed by atoms with Gasteiger partial charge in [-0.25, -0.2) is 0 Å². The quantitative estimate of drug-likeness (QED) is 0.620. The summed E-state index contributed by atoms with van der Waals surface area (Å²) >= 11 is 0.701. The molecule has 0 aromatic carbocycles. The van der Waals surface area contributed by atoms with Gasteiger partial charge in [-0.15, -0.1) is 0 Å². The van der Waals surface area contributed by atoms with Crippen LogP contribution in [0.1, 0.15) is 27.2 Å². The van der Waals surface area contributed by atoms with Crippen molar-refractivity contribution in [1.29, 1.82) is 0 Å². The molecule has 2 aliphatic rings. The van der Waals surface area contributed by atoms with Gasteiger partial charge in [0.1, 0.15) is 0 Å². The Balaban J connectivity index is 2.30. The van der Waals surface area contributed by atoms with E-state index in [2.05, 4.69) is 20.8 Å². The van der Waals surface area contributed by atoms with Crippen LogP contribution < -0.4 is 0 Å². The zero-order valence-corrected chi connectivity index (χ0v) is 9.62. The molecule has 0 aliphatic carbocycles. The summed E-state index contributed by atoms with van der Waals surface area (Å²) in [6.45, 7) is 6.86. The van der Waals surface area contributed by atoms with Gasteiger partial charge in [0.25, 0.3) is 0 Å². The summed E-state index contributed by atoms with van der Waals surface area (Å²) in [7, 11) is 5.93. The zero-order chi connectivity index (χ0) is 8.93. The Morgan fingerprint density at radius 2 is 2.17 bits per heavy atom. The van der Waals surface area contributed by atoms with E-state index in [0.29, 0.717) is 25.7 Å². The van der Waals surface area contributed by atoms with Crippen molar-refractivity contribution in [1.82, 2.24) is 0 Å². The second kappa shape index (κ2) is 2.77. The first-order chi connectivity index (χ1) is 5.62. The molecule has 2 fully saturated rings. The van der Waals surface area contributed by atoms with E-state index in [9.17, 15) is 0 Å². The molecule has 0 saturated carbocycles. The Morgan fingerprint density at radius 1 is 1.50 bits per heavy atom. The average molecular weight is 229 g/mol. The van der Waals surface area contributed by atoms with Crippen molar-refractivity contribution in [2.24, 2.45) is 5.92 Å². The standard InChI is InChI=1S/C9H15BOSe/c1-4-9-5(2)7(8(10)11-9)12-6(9)3/h5-8H,4H2,1-3H3/t5-,6-,7?,8-,9-/m1/s1. The fourth-order valence-electron chi connectivity index (χ4n) is 2.70. The SMILES string of the molecule is [B][C@@H]1O[C@]2(CC)[C@H](C)C1[Se][C@@H]2C. The van der Waals surface area contributed by atoms with E-state index < -0.39 is 0 Å². The molecule has 0 amide bonds. The second-order valence-electron chi connectivity index (χ2n) is 3.92. The predicted molar refractivity (Wildman–Crippen MR) is 51.7 cm³/mol. The van der Waals surface area contributed by atoms with Crippen LogP contribution in [0.25, 0.3) is 0 Å². The fraction of sp³-hybridized carbons (Fsp3) is 1.00. The molecule has 2 bridgehead atoms. The number of hydrogen-bond acceptors (Lipinski definition) is 1. The van der Waals surface area contributed by atoms with Crippen LogP contribution in [0.3, 0.4) is 0 Å². The third-order valence-electron chi connectivity index (χ3n) is 3.54. The van der Waals surface area contributed by atoms with Gasteiger partial charge in [-0.05, 0) is 0 Å². The Hall–Kier alpha value is 0.544. The first-order valence-corrected chi connectivity index (χ1v) is 6.68. The second-order valence-corrected chi connectivity index (χ2v) is 7.12. The molecule has 2 rings (SSSR count). The van der Waals surface area contributed by atoms with E-state index in [1.54, 1.807) is 0 Å². The van der Waals surface area contributed by atoms with E-state index in [4.69, 9.17) is 12.6 Å². The Labute approximate surface area is 82.2 Å². The third-order valence-corrected chi connectivity index (χ3v) is 7.32. The van der Waals surface area contributed by atoms with Crippen molar-refractivity contribution in [3.8, 4) is 0 Å². The molecule has 0 spiro atoms. The van der Waals surface area contributed by atoms with Crippen LogP contribution in [0.5, 0.6) is 0 Å². The minimum absolute atomic E-state index is 0.0381. The maximum atomic E-state index is 5.93. The predicted octanol–water partition coefficient (Wildman–Crippen LogP) is 1.61. The monoisotopic (exact) mass is 230 g/mol. The van der Waals surface area contributed by atoms with Gasteiger partial charge in [0.05, 0.1) is 0 Å². The Kier molecular flexibility index (Phi) is 2.10. The van der Waals surface area contributed by atoms with Gasteiger partial charge in [-0.2, -0.15) is 0 Å². The van der Waals surface area contributed by atoms with E-state index in [0.717, 1.165) is 11.2 Å². The van der Waals surface area contributed by atoms with Crippen LogP contribution in [0, 0.1) is 5.92 Å². The number of hydrogen-bond donors (Lipinski definition) is 0. The molecule has 12 heavy (non-hydrogen) atoms. The molecule has 3 heteroatoms. The van der Waals surface area contributed by atoms with Gasteiger partial charge < -0.3 is 0 Å². The van der Waals surface area contributed by atoms with Crippen molar-refractivity contribution in [3.63, 3.8) is 0 Å². The molecule has 66 valence electrons. The summed E-state index contributed by atoms with van der Waals surface area (Å²) in [5.74, 6) is 0.687. The summed E-state index contributed by atoms with van der Waals surface area (Å²) in [6.07, 6.45) is 1.13. The molecule has 2 saturated heterocycles. The van der Waals surface area contributed by atoms with Gasteiger partial charge in [0.2, 0.25) is 0 Å². The molecule has 0 N–H and O–H groups in total. The van der Waals surface area contributed by atoms with Gasteiger partial charge in [0, 0.05) is 0 Å². The average Bonchev–Trinajstić information content (AvgIpc) is 2.41. The molecule has 2 radical (unpaired) electrons. The van der Waals surface area contributed by atoms with Gasteiger partial charge >= 0.3 is 81.9 Å². The number of fused-ring (bicyclic) bond motifs is 2. The fourth-order valence-corrected chi connectivity index (χ4v) is 6.50. The molecular formula is C9H15BOSe. The molecular weight excluding hydrogens is 214 g/mol.